The zero-order chi connectivity index (χ0) is 9.19. The molecule has 0 aliphatic carbocycles. The van der Waals surface area contributed by atoms with Gasteiger partial charge in [-0.3, -0.25) is 9.79 Å². The molecule has 0 saturated carbocycles. The van der Waals surface area contributed by atoms with E-state index < -0.39 is 0 Å². The zero-order valence-electron chi connectivity index (χ0n) is 7.76. The van der Waals surface area contributed by atoms with E-state index >= 15 is 0 Å². The van der Waals surface area contributed by atoms with Gasteiger partial charge in [-0.1, -0.05) is 0 Å². The van der Waals surface area contributed by atoms with Crippen molar-refractivity contribution in [3.63, 3.8) is 0 Å². The maximum absolute atomic E-state index is 11.4. The van der Waals surface area contributed by atoms with E-state index in [1.165, 1.54) is 0 Å². The molecule has 0 spiro atoms. The molecule has 1 aliphatic rings. The topological polar surface area (TPSA) is 41.5 Å². The third-order valence-electron chi connectivity index (χ3n) is 2.26. The Morgan fingerprint density at radius 1 is 1.67 bits per heavy atom. The summed E-state index contributed by atoms with van der Waals surface area (Å²) in [5.41, 5.74) is -0.0729. The maximum Gasteiger partial charge on any atom is 0.245 e. The standard InChI is InChI=1S/C9H16N2O/c1-9(2)6-4-5-7(10-3)8(12)11-9/h7H,3-6H2,1-2H3,(H,11,12)/t7-/m0/s1. The highest BCUT2D eigenvalue weighted by Gasteiger charge is 2.28. The van der Waals surface area contributed by atoms with E-state index in [4.69, 9.17) is 0 Å². The minimum atomic E-state index is -0.230. The van der Waals surface area contributed by atoms with Crippen molar-refractivity contribution in [2.75, 3.05) is 0 Å². The molecule has 12 heavy (non-hydrogen) atoms. The number of aliphatic imine (C=N–C) groups is 1. The molecule has 3 heteroatoms. The lowest BCUT2D eigenvalue weighted by Crippen LogP contribution is -2.44. The summed E-state index contributed by atoms with van der Waals surface area (Å²) in [6.45, 7) is 7.49. The van der Waals surface area contributed by atoms with Gasteiger partial charge in [0.2, 0.25) is 5.91 Å². The van der Waals surface area contributed by atoms with Gasteiger partial charge in [-0.2, -0.15) is 0 Å². The quantitative estimate of drug-likeness (QED) is 0.586. The van der Waals surface area contributed by atoms with Crippen LogP contribution in [0, 0.1) is 0 Å². The van der Waals surface area contributed by atoms with Gasteiger partial charge in [0.25, 0.3) is 0 Å². The first-order chi connectivity index (χ1) is 5.55. The summed E-state index contributed by atoms with van der Waals surface area (Å²) in [5, 5.41) is 2.95. The van der Waals surface area contributed by atoms with Gasteiger partial charge in [0.05, 0.1) is 0 Å². The molecule has 1 heterocycles. The van der Waals surface area contributed by atoms with Crippen LogP contribution in [0.25, 0.3) is 0 Å². The number of amides is 1. The highest BCUT2D eigenvalue weighted by molar-refractivity contribution is 5.83. The third-order valence-corrected chi connectivity index (χ3v) is 2.26. The molecule has 1 atom stereocenters. The zero-order valence-corrected chi connectivity index (χ0v) is 7.76. The van der Waals surface area contributed by atoms with Gasteiger partial charge in [0.15, 0.2) is 0 Å². The van der Waals surface area contributed by atoms with Gasteiger partial charge in [-0.15, -0.1) is 0 Å². The van der Waals surface area contributed by atoms with E-state index in [0.717, 1.165) is 19.3 Å². The van der Waals surface area contributed by atoms with Crippen LogP contribution in [-0.4, -0.2) is 24.2 Å². The Morgan fingerprint density at radius 2 is 2.33 bits per heavy atom. The molecule has 1 aliphatic heterocycles. The minimum Gasteiger partial charge on any atom is -0.349 e. The van der Waals surface area contributed by atoms with Crippen molar-refractivity contribution >= 4 is 12.6 Å². The average Bonchev–Trinajstić information content (AvgIpc) is 2.07. The van der Waals surface area contributed by atoms with Crippen LogP contribution < -0.4 is 5.32 Å². The summed E-state index contributed by atoms with van der Waals surface area (Å²) in [4.78, 5) is 15.2. The lowest BCUT2D eigenvalue weighted by Gasteiger charge is -2.23. The predicted octanol–water partition coefficient (Wildman–Crippen LogP) is 1.13. The fourth-order valence-corrected chi connectivity index (χ4v) is 1.52. The molecule has 68 valence electrons. The first kappa shape index (κ1) is 9.23. The number of nitrogens with one attached hydrogen (secondary N) is 1. The van der Waals surface area contributed by atoms with Crippen LogP contribution in [0.4, 0.5) is 0 Å². The van der Waals surface area contributed by atoms with E-state index in [1.807, 2.05) is 13.8 Å². The Hall–Kier alpha value is -0.860. The second-order valence-corrected chi connectivity index (χ2v) is 3.96. The van der Waals surface area contributed by atoms with E-state index in [9.17, 15) is 4.79 Å². The molecule has 0 radical (unpaired) electrons. The van der Waals surface area contributed by atoms with Gasteiger partial charge < -0.3 is 5.32 Å². The molecule has 3 nitrogen and oxygen atoms in total. The first-order valence-electron chi connectivity index (χ1n) is 4.33. The van der Waals surface area contributed by atoms with E-state index in [2.05, 4.69) is 17.0 Å². The molecule has 0 aromatic rings. The van der Waals surface area contributed by atoms with Gasteiger partial charge >= 0.3 is 0 Å². The Balaban J connectivity index is 2.68. The highest BCUT2D eigenvalue weighted by atomic mass is 16.2. The average molecular weight is 168 g/mol. The summed E-state index contributed by atoms with van der Waals surface area (Å²) in [5.74, 6) is 0.0208. The molecule has 0 aromatic carbocycles. The number of hydrogen-bond donors (Lipinski definition) is 1. The van der Waals surface area contributed by atoms with Gasteiger partial charge in [0, 0.05) is 5.54 Å². The summed E-state index contributed by atoms with van der Waals surface area (Å²) < 4.78 is 0. The van der Waals surface area contributed by atoms with E-state index in [0.29, 0.717) is 0 Å². The number of rotatable bonds is 1. The molecule has 0 unspecified atom stereocenters. The lowest BCUT2D eigenvalue weighted by molar-refractivity contribution is -0.123. The van der Waals surface area contributed by atoms with Crippen molar-refractivity contribution in [2.24, 2.45) is 4.99 Å². The predicted molar refractivity (Wildman–Crippen MR) is 49.4 cm³/mol. The summed E-state index contributed by atoms with van der Waals surface area (Å²) >= 11 is 0. The number of nitrogens with zero attached hydrogens (tertiary/aromatic N) is 1. The Labute approximate surface area is 73.3 Å². The monoisotopic (exact) mass is 168 g/mol. The summed E-state index contributed by atoms with van der Waals surface area (Å²) in [7, 11) is 0. The van der Waals surface area contributed by atoms with Crippen LogP contribution >= 0.6 is 0 Å². The van der Waals surface area contributed by atoms with E-state index in [1.54, 1.807) is 0 Å². The maximum atomic E-state index is 11.4. The van der Waals surface area contributed by atoms with Crippen LogP contribution in [0.1, 0.15) is 33.1 Å². The van der Waals surface area contributed by atoms with Gasteiger partial charge in [-0.05, 0) is 39.8 Å². The van der Waals surface area contributed by atoms with Crippen molar-refractivity contribution in [1.82, 2.24) is 5.32 Å². The summed E-state index contributed by atoms with van der Waals surface area (Å²) in [6.07, 6.45) is 2.89. The van der Waals surface area contributed by atoms with Gasteiger partial charge in [-0.25, -0.2) is 0 Å². The molecular formula is C9H16N2O. The van der Waals surface area contributed by atoms with Crippen LogP contribution in [-0.2, 0) is 4.79 Å². The normalized spacial score (nSPS) is 28.8. The molecule has 1 rings (SSSR count). The second kappa shape index (κ2) is 3.25. The Morgan fingerprint density at radius 3 is 2.92 bits per heavy atom. The van der Waals surface area contributed by atoms with Crippen molar-refractivity contribution in [1.29, 1.82) is 0 Å². The van der Waals surface area contributed by atoms with Crippen LogP contribution in [0.2, 0.25) is 0 Å². The fourth-order valence-electron chi connectivity index (χ4n) is 1.52. The Bertz CT molecular complexity index is 199. The fraction of sp³-hybridized carbons (Fsp3) is 0.778. The molecule has 1 amide bonds. The second-order valence-electron chi connectivity index (χ2n) is 3.96. The van der Waals surface area contributed by atoms with Crippen molar-refractivity contribution in [2.45, 2.75) is 44.7 Å². The number of hydrogen-bond acceptors (Lipinski definition) is 2. The highest BCUT2D eigenvalue weighted by Crippen LogP contribution is 2.19. The smallest absolute Gasteiger partial charge is 0.245 e. The van der Waals surface area contributed by atoms with Crippen LogP contribution in [0.3, 0.4) is 0 Å². The number of carbonyl (C=O) groups excluding carboxylic acids is 1. The summed E-state index contributed by atoms with van der Waals surface area (Å²) in [6, 6.07) is -0.230. The van der Waals surface area contributed by atoms with Crippen molar-refractivity contribution < 1.29 is 4.79 Å². The largest absolute Gasteiger partial charge is 0.349 e. The van der Waals surface area contributed by atoms with Crippen LogP contribution in [0.5, 0.6) is 0 Å². The SMILES string of the molecule is C=N[C@H]1CCCC(C)(C)NC1=O. The van der Waals surface area contributed by atoms with E-state index in [-0.39, 0.29) is 17.5 Å². The Kier molecular flexibility index (Phi) is 2.50. The third kappa shape index (κ3) is 2.06. The van der Waals surface area contributed by atoms with Crippen molar-refractivity contribution in [3.8, 4) is 0 Å². The minimum absolute atomic E-state index is 0.0208. The lowest BCUT2D eigenvalue weighted by atomic mass is 9.99. The molecule has 1 N–H and O–H groups in total. The molecular weight excluding hydrogens is 152 g/mol. The first-order valence-corrected chi connectivity index (χ1v) is 4.33. The van der Waals surface area contributed by atoms with Crippen LogP contribution in [0.15, 0.2) is 4.99 Å². The molecule has 0 bridgehead atoms. The molecule has 1 saturated heterocycles. The molecule has 1 fully saturated rings. The van der Waals surface area contributed by atoms with Gasteiger partial charge in [0.1, 0.15) is 6.04 Å². The van der Waals surface area contributed by atoms with Crippen molar-refractivity contribution in [3.05, 3.63) is 0 Å². The number of carbonyl (C=O) groups is 1. The molecule has 0 aromatic heterocycles.